The fraction of sp³-hybridized carbons (Fsp3) is 0.364. The second kappa shape index (κ2) is 9.55. The van der Waals surface area contributed by atoms with Crippen LogP contribution in [0.15, 0.2) is 42.5 Å². The van der Waals surface area contributed by atoms with E-state index in [1.165, 1.54) is 16.9 Å². The standard InChI is InChI=1S/C22H26N2O3S/c1-4-5-12-26-18-10-11-19-20(13-18)28-22(23-19)24-21(25)14-27-17-8-6-16(7-9-17)15(2)3/h6-11,13,15H,4-5,12,14H2,1-3H3,(H,23,24,25). The lowest BCUT2D eigenvalue weighted by atomic mass is 10.0. The second-order valence-corrected chi connectivity index (χ2v) is 7.94. The minimum atomic E-state index is -0.230. The van der Waals surface area contributed by atoms with E-state index in [9.17, 15) is 4.79 Å². The van der Waals surface area contributed by atoms with Crippen LogP contribution in [0.2, 0.25) is 0 Å². The Hall–Kier alpha value is -2.60. The molecule has 3 rings (SSSR count). The number of aromatic nitrogens is 1. The summed E-state index contributed by atoms with van der Waals surface area (Å²) in [6, 6.07) is 13.6. The zero-order chi connectivity index (χ0) is 19.9. The maximum Gasteiger partial charge on any atom is 0.264 e. The molecule has 3 aromatic rings. The number of carbonyl (C=O) groups is 1. The normalized spacial score (nSPS) is 11.0. The van der Waals surface area contributed by atoms with Gasteiger partial charge in [-0.05, 0) is 48.2 Å². The highest BCUT2D eigenvalue weighted by Crippen LogP contribution is 2.29. The van der Waals surface area contributed by atoms with Crippen LogP contribution in [-0.2, 0) is 4.79 Å². The van der Waals surface area contributed by atoms with Gasteiger partial charge in [0.15, 0.2) is 11.7 Å². The first kappa shape index (κ1) is 20.1. The van der Waals surface area contributed by atoms with Crippen molar-refractivity contribution in [2.24, 2.45) is 0 Å². The Balaban J connectivity index is 1.55. The van der Waals surface area contributed by atoms with Gasteiger partial charge in [0.05, 0.1) is 16.8 Å². The molecule has 1 amide bonds. The van der Waals surface area contributed by atoms with Crippen molar-refractivity contribution in [1.82, 2.24) is 4.98 Å². The number of carbonyl (C=O) groups excluding carboxylic acids is 1. The van der Waals surface area contributed by atoms with Gasteiger partial charge in [0, 0.05) is 0 Å². The number of anilines is 1. The number of nitrogens with one attached hydrogen (secondary N) is 1. The van der Waals surface area contributed by atoms with Crippen molar-refractivity contribution in [1.29, 1.82) is 0 Å². The van der Waals surface area contributed by atoms with E-state index in [-0.39, 0.29) is 12.5 Å². The van der Waals surface area contributed by atoms with Crippen LogP contribution >= 0.6 is 11.3 Å². The number of fused-ring (bicyclic) bond motifs is 1. The Morgan fingerprint density at radius 1 is 1.11 bits per heavy atom. The first-order valence-corrected chi connectivity index (χ1v) is 10.4. The molecule has 148 valence electrons. The van der Waals surface area contributed by atoms with Crippen molar-refractivity contribution in [2.45, 2.75) is 39.5 Å². The Morgan fingerprint density at radius 3 is 2.57 bits per heavy atom. The molecular weight excluding hydrogens is 372 g/mol. The molecule has 0 radical (unpaired) electrons. The molecule has 0 unspecified atom stereocenters. The van der Waals surface area contributed by atoms with Crippen molar-refractivity contribution in [3.63, 3.8) is 0 Å². The number of thiazole rings is 1. The van der Waals surface area contributed by atoms with E-state index in [0.29, 0.717) is 23.4 Å². The summed E-state index contributed by atoms with van der Waals surface area (Å²) in [7, 11) is 0. The molecule has 2 aromatic carbocycles. The fourth-order valence-corrected chi connectivity index (χ4v) is 3.55. The van der Waals surface area contributed by atoms with Gasteiger partial charge in [-0.3, -0.25) is 10.1 Å². The summed E-state index contributed by atoms with van der Waals surface area (Å²) < 4.78 is 12.3. The van der Waals surface area contributed by atoms with Crippen molar-refractivity contribution in [2.75, 3.05) is 18.5 Å². The van der Waals surface area contributed by atoms with Crippen LogP contribution in [0.1, 0.15) is 45.1 Å². The van der Waals surface area contributed by atoms with E-state index in [2.05, 4.69) is 31.1 Å². The number of hydrogen-bond acceptors (Lipinski definition) is 5. The Labute approximate surface area is 169 Å². The zero-order valence-corrected chi connectivity index (χ0v) is 17.3. The molecule has 0 saturated carbocycles. The monoisotopic (exact) mass is 398 g/mol. The number of ether oxygens (including phenoxy) is 2. The number of amides is 1. The minimum Gasteiger partial charge on any atom is -0.494 e. The lowest BCUT2D eigenvalue weighted by molar-refractivity contribution is -0.118. The second-order valence-electron chi connectivity index (χ2n) is 6.91. The fourth-order valence-electron chi connectivity index (χ4n) is 2.64. The maximum atomic E-state index is 12.2. The molecule has 1 N–H and O–H groups in total. The Bertz CT molecular complexity index is 919. The third-order valence-electron chi connectivity index (χ3n) is 4.29. The van der Waals surface area contributed by atoms with Crippen LogP contribution < -0.4 is 14.8 Å². The van der Waals surface area contributed by atoms with Gasteiger partial charge in [0.1, 0.15) is 11.5 Å². The average Bonchev–Trinajstić information content (AvgIpc) is 3.08. The molecule has 0 saturated heterocycles. The van der Waals surface area contributed by atoms with Gasteiger partial charge < -0.3 is 9.47 Å². The molecule has 6 heteroatoms. The van der Waals surface area contributed by atoms with Gasteiger partial charge in [-0.2, -0.15) is 0 Å². The summed E-state index contributed by atoms with van der Waals surface area (Å²) >= 11 is 1.43. The van der Waals surface area contributed by atoms with Gasteiger partial charge in [-0.15, -0.1) is 0 Å². The SMILES string of the molecule is CCCCOc1ccc2nc(NC(=O)COc3ccc(C(C)C)cc3)sc2c1. The van der Waals surface area contributed by atoms with Crippen molar-refractivity contribution < 1.29 is 14.3 Å². The number of nitrogens with zero attached hydrogens (tertiary/aromatic N) is 1. The predicted octanol–water partition coefficient (Wildman–Crippen LogP) is 5.62. The van der Waals surface area contributed by atoms with Gasteiger partial charge in [0.2, 0.25) is 0 Å². The van der Waals surface area contributed by atoms with E-state index in [1.54, 1.807) is 0 Å². The average molecular weight is 399 g/mol. The third-order valence-corrected chi connectivity index (χ3v) is 5.22. The number of rotatable bonds is 9. The zero-order valence-electron chi connectivity index (χ0n) is 16.5. The molecule has 1 heterocycles. The van der Waals surface area contributed by atoms with E-state index >= 15 is 0 Å². The van der Waals surface area contributed by atoms with Crippen LogP contribution in [0.4, 0.5) is 5.13 Å². The van der Waals surface area contributed by atoms with E-state index < -0.39 is 0 Å². The first-order chi connectivity index (χ1) is 13.5. The summed E-state index contributed by atoms with van der Waals surface area (Å²) in [5.41, 5.74) is 2.08. The Kier molecular flexibility index (Phi) is 6.87. The molecule has 1 aromatic heterocycles. The van der Waals surface area contributed by atoms with Crippen molar-refractivity contribution in [3.05, 3.63) is 48.0 Å². The van der Waals surface area contributed by atoms with E-state index in [0.717, 1.165) is 28.8 Å². The van der Waals surface area contributed by atoms with Crippen LogP contribution in [0, 0.1) is 0 Å². The highest BCUT2D eigenvalue weighted by molar-refractivity contribution is 7.22. The largest absolute Gasteiger partial charge is 0.494 e. The summed E-state index contributed by atoms with van der Waals surface area (Å²) in [4.78, 5) is 16.6. The molecule has 0 bridgehead atoms. The maximum absolute atomic E-state index is 12.2. The Morgan fingerprint density at radius 2 is 1.86 bits per heavy atom. The summed E-state index contributed by atoms with van der Waals surface area (Å²) in [6.07, 6.45) is 2.13. The lowest BCUT2D eigenvalue weighted by Gasteiger charge is -2.08. The third kappa shape index (κ3) is 5.45. The van der Waals surface area contributed by atoms with Gasteiger partial charge in [-0.1, -0.05) is 50.7 Å². The van der Waals surface area contributed by atoms with Crippen LogP contribution in [0.3, 0.4) is 0 Å². The summed E-state index contributed by atoms with van der Waals surface area (Å²) in [6.45, 7) is 7.07. The van der Waals surface area contributed by atoms with Gasteiger partial charge in [0.25, 0.3) is 5.91 Å². The molecule has 28 heavy (non-hydrogen) atoms. The molecule has 0 fully saturated rings. The summed E-state index contributed by atoms with van der Waals surface area (Å²) in [5, 5.41) is 3.37. The molecular formula is C22H26N2O3S. The molecule has 0 atom stereocenters. The van der Waals surface area contributed by atoms with Crippen molar-refractivity contribution >= 4 is 32.6 Å². The van der Waals surface area contributed by atoms with E-state index in [4.69, 9.17) is 9.47 Å². The quantitative estimate of drug-likeness (QED) is 0.476. The molecule has 0 aliphatic carbocycles. The predicted molar refractivity (Wildman–Crippen MR) is 115 cm³/mol. The highest BCUT2D eigenvalue weighted by Gasteiger charge is 2.10. The van der Waals surface area contributed by atoms with Crippen LogP contribution in [-0.4, -0.2) is 24.1 Å². The smallest absolute Gasteiger partial charge is 0.264 e. The summed E-state index contributed by atoms with van der Waals surface area (Å²) in [5.74, 6) is 1.74. The molecule has 0 aliphatic heterocycles. The van der Waals surface area contributed by atoms with Gasteiger partial charge >= 0.3 is 0 Å². The number of hydrogen-bond donors (Lipinski definition) is 1. The molecule has 0 spiro atoms. The highest BCUT2D eigenvalue weighted by atomic mass is 32.1. The van der Waals surface area contributed by atoms with Gasteiger partial charge in [-0.25, -0.2) is 4.98 Å². The van der Waals surface area contributed by atoms with E-state index in [1.807, 2.05) is 42.5 Å². The van der Waals surface area contributed by atoms with Crippen LogP contribution in [0.5, 0.6) is 11.5 Å². The minimum absolute atomic E-state index is 0.0532. The lowest BCUT2D eigenvalue weighted by Crippen LogP contribution is -2.20. The molecule has 0 aliphatic rings. The number of benzene rings is 2. The molecule has 5 nitrogen and oxygen atoms in total. The van der Waals surface area contributed by atoms with Crippen LogP contribution in [0.25, 0.3) is 10.2 Å². The first-order valence-electron chi connectivity index (χ1n) is 9.61. The van der Waals surface area contributed by atoms with Crippen molar-refractivity contribution in [3.8, 4) is 11.5 Å². The topological polar surface area (TPSA) is 60.5 Å². The number of unbranched alkanes of at least 4 members (excludes halogenated alkanes) is 1.